The van der Waals surface area contributed by atoms with Gasteiger partial charge < -0.3 is 25.7 Å². The minimum Gasteiger partial charge on any atom is -0.496 e. The van der Waals surface area contributed by atoms with E-state index < -0.39 is 0 Å². The first-order valence-electron chi connectivity index (χ1n) is 8.35. The molecule has 8 nitrogen and oxygen atoms in total. The lowest BCUT2D eigenvalue weighted by atomic mass is 10.1. The number of esters is 1. The molecule has 0 aliphatic rings. The van der Waals surface area contributed by atoms with E-state index in [9.17, 15) is 4.79 Å². The van der Waals surface area contributed by atoms with Crippen molar-refractivity contribution < 1.29 is 19.0 Å². The summed E-state index contributed by atoms with van der Waals surface area (Å²) in [7, 11) is 1.60. The molecule has 1 aromatic heterocycles. The molecule has 0 fully saturated rings. The number of anilines is 2. The number of ether oxygens (including phenoxy) is 3. The van der Waals surface area contributed by atoms with Gasteiger partial charge in [0.15, 0.2) is 0 Å². The molecule has 0 saturated carbocycles. The van der Waals surface area contributed by atoms with Crippen LogP contribution in [0.25, 0.3) is 0 Å². The van der Waals surface area contributed by atoms with E-state index in [4.69, 9.17) is 25.7 Å². The summed E-state index contributed by atoms with van der Waals surface area (Å²) in [4.78, 5) is 19.3. The van der Waals surface area contributed by atoms with Crippen LogP contribution in [0.4, 0.5) is 11.8 Å². The second-order valence-corrected chi connectivity index (χ2v) is 5.55. The average Bonchev–Trinajstić information content (AvgIpc) is 2.61. The summed E-state index contributed by atoms with van der Waals surface area (Å²) in [5.74, 6) is 1.64. The lowest BCUT2D eigenvalue weighted by Crippen LogP contribution is -2.07. The number of rotatable bonds is 9. The molecule has 26 heavy (non-hydrogen) atoms. The fourth-order valence-corrected chi connectivity index (χ4v) is 2.40. The van der Waals surface area contributed by atoms with Crippen LogP contribution >= 0.6 is 0 Å². The van der Waals surface area contributed by atoms with Crippen molar-refractivity contribution in [1.29, 1.82) is 0 Å². The zero-order chi connectivity index (χ0) is 18.9. The van der Waals surface area contributed by atoms with E-state index >= 15 is 0 Å². The minimum absolute atomic E-state index is 0.136. The van der Waals surface area contributed by atoms with Gasteiger partial charge in [0.25, 0.3) is 0 Å². The average molecular weight is 360 g/mol. The number of benzene rings is 1. The molecular weight excluding hydrogens is 336 g/mol. The molecule has 0 amide bonds. The van der Waals surface area contributed by atoms with Gasteiger partial charge in [0.2, 0.25) is 5.95 Å². The molecule has 0 atom stereocenters. The quantitative estimate of drug-likeness (QED) is 0.514. The van der Waals surface area contributed by atoms with Crippen LogP contribution in [0.15, 0.2) is 24.4 Å². The van der Waals surface area contributed by atoms with Crippen LogP contribution in [0.3, 0.4) is 0 Å². The third-order valence-electron chi connectivity index (χ3n) is 3.65. The van der Waals surface area contributed by atoms with Crippen LogP contribution in [0, 0.1) is 0 Å². The fraction of sp³-hybridized carbons (Fsp3) is 0.389. The summed E-state index contributed by atoms with van der Waals surface area (Å²) in [5, 5.41) is 0. The molecule has 0 spiro atoms. The molecule has 0 aliphatic heterocycles. The Morgan fingerprint density at radius 1 is 1.23 bits per heavy atom. The van der Waals surface area contributed by atoms with E-state index in [1.165, 1.54) is 0 Å². The van der Waals surface area contributed by atoms with Gasteiger partial charge >= 0.3 is 5.97 Å². The maximum atomic E-state index is 11.3. The molecular formula is C18H24N4O4. The Balaban J connectivity index is 2.02. The Kier molecular flexibility index (Phi) is 7.02. The highest BCUT2D eigenvalue weighted by molar-refractivity contribution is 5.69. The minimum atomic E-state index is -0.217. The Hall–Kier alpha value is -3.03. The molecule has 8 heteroatoms. The van der Waals surface area contributed by atoms with Crippen LogP contribution in [0.1, 0.15) is 30.9 Å². The van der Waals surface area contributed by atoms with Crippen molar-refractivity contribution in [3.05, 3.63) is 35.5 Å². The largest absolute Gasteiger partial charge is 0.496 e. The van der Waals surface area contributed by atoms with Crippen molar-refractivity contribution in [1.82, 2.24) is 9.97 Å². The van der Waals surface area contributed by atoms with Crippen molar-refractivity contribution in [3.8, 4) is 11.5 Å². The van der Waals surface area contributed by atoms with Crippen LogP contribution in [0.5, 0.6) is 11.5 Å². The highest BCUT2D eigenvalue weighted by Crippen LogP contribution is 2.27. The molecule has 0 aliphatic carbocycles. The summed E-state index contributed by atoms with van der Waals surface area (Å²) in [6.45, 7) is 2.59. The van der Waals surface area contributed by atoms with E-state index in [2.05, 4.69) is 9.97 Å². The van der Waals surface area contributed by atoms with Crippen LogP contribution < -0.4 is 20.9 Å². The Bertz CT molecular complexity index is 752. The van der Waals surface area contributed by atoms with E-state index in [0.717, 1.165) is 11.1 Å². The van der Waals surface area contributed by atoms with Gasteiger partial charge in [-0.1, -0.05) is 0 Å². The SMILES string of the molecule is CCOC(=O)CCCOc1ccc(OC)c(Cc2cnc(N)nc2N)c1. The van der Waals surface area contributed by atoms with E-state index in [-0.39, 0.29) is 11.9 Å². The van der Waals surface area contributed by atoms with Gasteiger partial charge in [-0.25, -0.2) is 4.98 Å². The van der Waals surface area contributed by atoms with Gasteiger partial charge in [0, 0.05) is 30.2 Å². The highest BCUT2D eigenvalue weighted by atomic mass is 16.5. The van der Waals surface area contributed by atoms with E-state index in [0.29, 0.717) is 49.8 Å². The first-order chi connectivity index (χ1) is 12.5. The van der Waals surface area contributed by atoms with Gasteiger partial charge in [0.05, 0.1) is 20.3 Å². The first kappa shape index (κ1) is 19.3. The number of carbonyl (C=O) groups excluding carboxylic acids is 1. The third kappa shape index (κ3) is 5.51. The summed E-state index contributed by atoms with van der Waals surface area (Å²) in [5.41, 5.74) is 13.1. The molecule has 0 bridgehead atoms. The van der Waals surface area contributed by atoms with Gasteiger partial charge in [-0.15, -0.1) is 0 Å². The highest BCUT2D eigenvalue weighted by Gasteiger charge is 2.10. The van der Waals surface area contributed by atoms with Crippen molar-refractivity contribution in [2.75, 3.05) is 31.8 Å². The number of nitrogens with zero attached hydrogens (tertiary/aromatic N) is 2. The van der Waals surface area contributed by atoms with Gasteiger partial charge in [-0.05, 0) is 31.5 Å². The van der Waals surface area contributed by atoms with E-state index in [1.807, 2.05) is 18.2 Å². The molecule has 1 aromatic carbocycles. The fourth-order valence-electron chi connectivity index (χ4n) is 2.40. The molecule has 1 heterocycles. The maximum absolute atomic E-state index is 11.3. The number of hydrogen-bond acceptors (Lipinski definition) is 8. The van der Waals surface area contributed by atoms with Crippen LogP contribution in [-0.2, 0) is 16.0 Å². The molecule has 0 saturated heterocycles. The van der Waals surface area contributed by atoms with Gasteiger partial charge in [-0.3, -0.25) is 4.79 Å². The molecule has 2 aromatic rings. The Labute approximate surface area is 152 Å². The number of hydrogen-bond donors (Lipinski definition) is 2. The zero-order valence-electron chi connectivity index (χ0n) is 15.0. The number of nitrogens with two attached hydrogens (primary N) is 2. The van der Waals surface area contributed by atoms with Crippen molar-refractivity contribution in [2.45, 2.75) is 26.2 Å². The van der Waals surface area contributed by atoms with Crippen molar-refractivity contribution in [2.24, 2.45) is 0 Å². The number of carbonyl (C=O) groups is 1. The smallest absolute Gasteiger partial charge is 0.305 e. The zero-order valence-corrected chi connectivity index (χ0v) is 15.0. The van der Waals surface area contributed by atoms with E-state index in [1.54, 1.807) is 20.2 Å². The predicted molar refractivity (Wildman–Crippen MR) is 98.0 cm³/mol. The normalized spacial score (nSPS) is 10.4. The van der Waals surface area contributed by atoms with Crippen molar-refractivity contribution in [3.63, 3.8) is 0 Å². The molecule has 140 valence electrons. The van der Waals surface area contributed by atoms with Gasteiger partial charge in [-0.2, -0.15) is 4.98 Å². The summed E-state index contributed by atoms with van der Waals surface area (Å²) in [6, 6.07) is 5.51. The first-order valence-corrected chi connectivity index (χ1v) is 8.35. The Morgan fingerprint density at radius 3 is 2.73 bits per heavy atom. The topological polar surface area (TPSA) is 123 Å². The summed E-state index contributed by atoms with van der Waals surface area (Å²) >= 11 is 0. The summed E-state index contributed by atoms with van der Waals surface area (Å²) < 4.78 is 16.0. The second-order valence-electron chi connectivity index (χ2n) is 5.55. The number of nitrogen functional groups attached to an aromatic ring is 2. The molecule has 4 N–H and O–H groups in total. The third-order valence-corrected chi connectivity index (χ3v) is 3.65. The standard InChI is InChI=1S/C18H24N4O4/c1-3-25-16(23)5-4-8-26-14-6-7-15(24-2)12(10-14)9-13-11-21-18(20)22-17(13)19/h6-7,10-11H,3-5,8-9H2,1-2H3,(H4,19,20,21,22). The van der Waals surface area contributed by atoms with Crippen LogP contribution in [0.2, 0.25) is 0 Å². The Morgan fingerprint density at radius 2 is 2.04 bits per heavy atom. The maximum Gasteiger partial charge on any atom is 0.305 e. The molecule has 2 rings (SSSR count). The van der Waals surface area contributed by atoms with Gasteiger partial charge in [0.1, 0.15) is 17.3 Å². The molecule has 0 radical (unpaired) electrons. The van der Waals surface area contributed by atoms with Crippen LogP contribution in [-0.4, -0.2) is 36.3 Å². The number of aromatic nitrogens is 2. The summed E-state index contributed by atoms with van der Waals surface area (Å²) in [6.07, 6.45) is 2.99. The lowest BCUT2D eigenvalue weighted by molar-refractivity contribution is -0.143. The lowest BCUT2D eigenvalue weighted by Gasteiger charge is -2.13. The second kappa shape index (κ2) is 9.45. The number of methoxy groups -OCH3 is 1. The van der Waals surface area contributed by atoms with Crippen molar-refractivity contribution >= 4 is 17.7 Å². The molecule has 0 unspecified atom stereocenters. The monoisotopic (exact) mass is 360 g/mol. The predicted octanol–water partition coefficient (Wildman–Crippen LogP) is 1.96.